The number of rotatable bonds is 7. The number of carbonyl (C=O) groups is 1. The molecule has 0 aliphatic carbocycles. The third kappa shape index (κ3) is 8.44. The van der Waals surface area contributed by atoms with E-state index in [2.05, 4.69) is 37.9 Å². The van der Waals surface area contributed by atoms with Crippen molar-refractivity contribution in [3.8, 4) is 0 Å². The van der Waals surface area contributed by atoms with Crippen molar-refractivity contribution in [2.24, 2.45) is 11.7 Å². The first-order valence-electron chi connectivity index (χ1n) is 9.35. The highest BCUT2D eigenvalue weighted by atomic mass is 35.5. The Hall–Kier alpha value is -0.560. The van der Waals surface area contributed by atoms with E-state index < -0.39 is 6.04 Å². The van der Waals surface area contributed by atoms with Crippen LogP contribution in [0.15, 0.2) is 24.3 Å². The predicted octanol–water partition coefficient (Wildman–Crippen LogP) is 3.83. The largest absolute Gasteiger partial charge is 0.373 e. The number of halogens is 3. The van der Waals surface area contributed by atoms with Gasteiger partial charge in [0.05, 0.1) is 24.3 Å². The summed E-state index contributed by atoms with van der Waals surface area (Å²) in [7, 11) is 0. The second-order valence-corrected chi connectivity index (χ2v) is 8.56. The van der Waals surface area contributed by atoms with Crippen LogP contribution < -0.4 is 11.1 Å². The molecule has 2 atom stereocenters. The van der Waals surface area contributed by atoms with Gasteiger partial charge in [-0.05, 0) is 43.9 Å². The summed E-state index contributed by atoms with van der Waals surface area (Å²) in [6.45, 7) is 11.1. The molecule has 1 aliphatic rings. The van der Waals surface area contributed by atoms with Crippen molar-refractivity contribution in [3.05, 3.63) is 34.9 Å². The van der Waals surface area contributed by atoms with Crippen LogP contribution in [-0.2, 0) is 9.53 Å². The number of morpholine rings is 1. The maximum absolute atomic E-state index is 12.4. The fourth-order valence-electron chi connectivity index (χ4n) is 3.40. The van der Waals surface area contributed by atoms with E-state index in [4.69, 9.17) is 22.1 Å². The lowest BCUT2D eigenvalue weighted by molar-refractivity contribution is -0.123. The molecule has 2 rings (SSSR count). The summed E-state index contributed by atoms with van der Waals surface area (Å²) in [6, 6.07) is 7.42. The molecule has 1 saturated heterocycles. The Morgan fingerprint density at radius 3 is 2.43 bits per heavy atom. The quantitative estimate of drug-likeness (QED) is 0.657. The number of hydrogen-bond acceptors (Lipinski definition) is 4. The molecule has 0 bridgehead atoms. The van der Waals surface area contributed by atoms with Crippen molar-refractivity contribution in [1.82, 2.24) is 10.2 Å². The molecule has 0 saturated carbocycles. The van der Waals surface area contributed by atoms with Gasteiger partial charge in [-0.1, -0.05) is 37.6 Å². The zero-order chi connectivity index (χ0) is 19.3. The van der Waals surface area contributed by atoms with Gasteiger partial charge >= 0.3 is 0 Å². The van der Waals surface area contributed by atoms with E-state index in [1.165, 1.54) is 0 Å². The summed E-state index contributed by atoms with van der Waals surface area (Å²) in [5.74, 6) is 0.299. The van der Waals surface area contributed by atoms with Crippen LogP contribution in [0.4, 0.5) is 0 Å². The minimum atomic E-state index is -0.470. The highest BCUT2D eigenvalue weighted by Gasteiger charge is 2.32. The Balaban J connectivity index is 0.00000364. The summed E-state index contributed by atoms with van der Waals surface area (Å²) in [5.41, 5.74) is 6.94. The Kier molecular flexibility index (Phi) is 12.0. The zero-order valence-electron chi connectivity index (χ0n) is 17.1. The van der Waals surface area contributed by atoms with Gasteiger partial charge in [0.25, 0.3) is 0 Å². The Morgan fingerprint density at radius 2 is 1.89 bits per heavy atom. The Bertz CT molecular complexity index is 597. The van der Waals surface area contributed by atoms with Crippen LogP contribution in [-0.4, -0.2) is 48.7 Å². The van der Waals surface area contributed by atoms with E-state index in [1.54, 1.807) is 0 Å². The number of nitrogens with one attached hydrogen (secondary N) is 1. The van der Waals surface area contributed by atoms with Crippen LogP contribution in [0.5, 0.6) is 0 Å². The number of amides is 1. The van der Waals surface area contributed by atoms with Gasteiger partial charge in [0, 0.05) is 24.7 Å². The van der Waals surface area contributed by atoms with Crippen LogP contribution in [0.1, 0.15) is 45.7 Å². The molecule has 8 heteroatoms. The Labute approximate surface area is 186 Å². The summed E-state index contributed by atoms with van der Waals surface area (Å²) in [4.78, 5) is 14.7. The summed E-state index contributed by atoms with van der Waals surface area (Å²) < 4.78 is 5.84. The number of ether oxygens (including phenoxy) is 1. The molecule has 1 amide bonds. The standard InChI is InChI=1S/C20H32ClN3O2.2ClH/c1-14(2)11-17(22)19(25)23-12-18(15-5-7-16(21)8-6-15)24-9-10-26-20(3,4)13-24;;/h5-8,14,17-18H,9-13,22H2,1-4H3,(H,23,25);2*1H/t17-,18?;;/m0../s1. The minimum absolute atomic E-state index is 0. The van der Waals surface area contributed by atoms with Crippen molar-refractivity contribution in [2.75, 3.05) is 26.2 Å². The van der Waals surface area contributed by atoms with Gasteiger partial charge in [-0.3, -0.25) is 9.69 Å². The topological polar surface area (TPSA) is 67.6 Å². The van der Waals surface area contributed by atoms with Crippen LogP contribution in [0.25, 0.3) is 0 Å². The van der Waals surface area contributed by atoms with Crippen molar-refractivity contribution in [3.63, 3.8) is 0 Å². The highest BCUT2D eigenvalue weighted by molar-refractivity contribution is 6.30. The predicted molar refractivity (Wildman–Crippen MR) is 121 cm³/mol. The number of benzene rings is 1. The van der Waals surface area contributed by atoms with Crippen molar-refractivity contribution in [1.29, 1.82) is 0 Å². The lowest BCUT2D eigenvalue weighted by Gasteiger charge is -2.42. The van der Waals surface area contributed by atoms with E-state index in [0.29, 0.717) is 30.5 Å². The maximum atomic E-state index is 12.4. The van der Waals surface area contributed by atoms with E-state index in [1.807, 2.05) is 24.3 Å². The molecule has 28 heavy (non-hydrogen) atoms. The van der Waals surface area contributed by atoms with Gasteiger partial charge in [-0.2, -0.15) is 0 Å². The van der Waals surface area contributed by atoms with Crippen molar-refractivity contribution >= 4 is 42.3 Å². The molecule has 1 fully saturated rings. The van der Waals surface area contributed by atoms with E-state index >= 15 is 0 Å². The monoisotopic (exact) mass is 453 g/mol. The number of carbonyl (C=O) groups excluding carboxylic acids is 1. The van der Waals surface area contributed by atoms with Gasteiger partial charge in [-0.15, -0.1) is 24.8 Å². The van der Waals surface area contributed by atoms with Crippen LogP contribution in [0, 0.1) is 5.92 Å². The van der Waals surface area contributed by atoms with Crippen molar-refractivity contribution in [2.45, 2.75) is 51.8 Å². The molecule has 162 valence electrons. The minimum Gasteiger partial charge on any atom is -0.373 e. The first-order valence-corrected chi connectivity index (χ1v) is 9.72. The summed E-state index contributed by atoms with van der Waals surface area (Å²) in [5, 5.41) is 3.75. The highest BCUT2D eigenvalue weighted by Crippen LogP contribution is 2.27. The lowest BCUT2D eigenvalue weighted by atomic mass is 10.00. The first-order chi connectivity index (χ1) is 12.2. The zero-order valence-corrected chi connectivity index (χ0v) is 19.5. The SMILES string of the molecule is CC(C)C[C@H](N)C(=O)NCC(c1ccc(Cl)cc1)N1CCOC(C)(C)C1.Cl.Cl. The third-order valence-corrected chi connectivity index (χ3v) is 4.93. The number of nitrogens with two attached hydrogens (primary N) is 1. The third-order valence-electron chi connectivity index (χ3n) is 4.68. The van der Waals surface area contributed by atoms with E-state index in [-0.39, 0.29) is 42.4 Å². The molecule has 5 nitrogen and oxygen atoms in total. The normalized spacial score (nSPS) is 18.5. The summed E-state index contributed by atoms with van der Waals surface area (Å²) >= 11 is 6.05. The number of hydrogen-bond donors (Lipinski definition) is 2. The lowest BCUT2D eigenvalue weighted by Crippen LogP contribution is -2.52. The summed E-state index contributed by atoms with van der Waals surface area (Å²) in [6.07, 6.45) is 0.683. The number of nitrogens with zero attached hydrogens (tertiary/aromatic N) is 1. The molecule has 1 heterocycles. The molecule has 1 aliphatic heterocycles. The smallest absolute Gasteiger partial charge is 0.236 e. The van der Waals surface area contributed by atoms with Crippen LogP contribution in [0.2, 0.25) is 5.02 Å². The molecular weight excluding hydrogens is 421 g/mol. The maximum Gasteiger partial charge on any atom is 0.236 e. The van der Waals surface area contributed by atoms with Gasteiger partial charge in [-0.25, -0.2) is 0 Å². The molecule has 1 aromatic carbocycles. The van der Waals surface area contributed by atoms with E-state index in [9.17, 15) is 4.79 Å². The molecule has 3 N–H and O–H groups in total. The van der Waals surface area contributed by atoms with Gasteiger partial charge in [0.15, 0.2) is 0 Å². The Morgan fingerprint density at radius 1 is 1.29 bits per heavy atom. The average Bonchev–Trinajstić information content (AvgIpc) is 2.55. The fourth-order valence-corrected chi connectivity index (χ4v) is 3.53. The first kappa shape index (κ1) is 27.4. The second kappa shape index (κ2) is 12.2. The van der Waals surface area contributed by atoms with Crippen LogP contribution >= 0.6 is 36.4 Å². The molecular formula is C20H34Cl3N3O2. The average molecular weight is 455 g/mol. The van der Waals surface area contributed by atoms with Crippen molar-refractivity contribution < 1.29 is 9.53 Å². The molecule has 0 radical (unpaired) electrons. The fraction of sp³-hybridized carbons (Fsp3) is 0.650. The molecule has 0 spiro atoms. The molecule has 1 aromatic rings. The second-order valence-electron chi connectivity index (χ2n) is 8.13. The van der Waals surface area contributed by atoms with Gasteiger partial charge in [0.2, 0.25) is 5.91 Å². The van der Waals surface area contributed by atoms with Gasteiger partial charge in [0.1, 0.15) is 0 Å². The molecule has 1 unspecified atom stereocenters. The van der Waals surface area contributed by atoms with Gasteiger partial charge < -0.3 is 15.8 Å². The van der Waals surface area contributed by atoms with Crippen LogP contribution in [0.3, 0.4) is 0 Å². The van der Waals surface area contributed by atoms with E-state index in [0.717, 1.165) is 18.7 Å². The molecule has 0 aromatic heterocycles.